The minimum absolute atomic E-state index is 0.310. The number of imidazole rings is 1. The summed E-state index contributed by atoms with van der Waals surface area (Å²) < 4.78 is 2.31. The molecule has 1 fully saturated rings. The highest BCUT2D eigenvalue weighted by atomic mass is 15.1. The van der Waals surface area contributed by atoms with Crippen molar-refractivity contribution in [3.63, 3.8) is 0 Å². The first-order valence-corrected chi connectivity index (χ1v) is 7.23. The molecule has 0 aliphatic carbocycles. The van der Waals surface area contributed by atoms with Crippen LogP contribution in [0.1, 0.15) is 37.2 Å². The number of piperidine rings is 1. The number of nitrogens with zero attached hydrogens (tertiary/aromatic N) is 3. The van der Waals surface area contributed by atoms with Crippen molar-refractivity contribution in [1.82, 2.24) is 14.5 Å². The van der Waals surface area contributed by atoms with Crippen LogP contribution >= 0.6 is 0 Å². The third-order valence-corrected chi connectivity index (χ3v) is 4.46. The lowest BCUT2D eigenvalue weighted by Gasteiger charge is -2.31. The van der Waals surface area contributed by atoms with Crippen LogP contribution in [0.15, 0.2) is 6.20 Å². The first kappa shape index (κ1) is 12.2. The van der Waals surface area contributed by atoms with Gasteiger partial charge in [-0.1, -0.05) is 6.42 Å². The van der Waals surface area contributed by atoms with Gasteiger partial charge in [0.05, 0.1) is 5.69 Å². The lowest BCUT2D eigenvalue weighted by Crippen LogP contribution is -2.37. The lowest BCUT2D eigenvalue weighted by atomic mass is 9.99. The highest BCUT2D eigenvalue weighted by Gasteiger charge is 2.22. The molecule has 0 saturated carbocycles. The van der Waals surface area contributed by atoms with Crippen LogP contribution in [0.3, 0.4) is 0 Å². The largest absolute Gasteiger partial charge is 0.335 e. The normalized spacial score (nSPS) is 29.2. The fraction of sp³-hybridized carbons (Fsp3) is 0.786. The Balaban J connectivity index is 1.69. The molecule has 4 nitrogen and oxygen atoms in total. The average molecular weight is 248 g/mol. The molecule has 0 radical (unpaired) electrons. The van der Waals surface area contributed by atoms with Gasteiger partial charge < -0.3 is 15.2 Å². The minimum Gasteiger partial charge on any atom is -0.335 e. The molecule has 3 rings (SSSR count). The number of likely N-dealkylation sites (tertiary alicyclic amines) is 1. The summed E-state index contributed by atoms with van der Waals surface area (Å²) >= 11 is 0. The summed E-state index contributed by atoms with van der Waals surface area (Å²) in [5.41, 5.74) is 7.27. The van der Waals surface area contributed by atoms with E-state index in [1.807, 2.05) is 0 Å². The van der Waals surface area contributed by atoms with E-state index in [0.717, 1.165) is 25.8 Å². The molecule has 0 amide bonds. The Kier molecular flexibility index (Phi) is 3.39. The SMILES string of the molecule is CN1CCCCC1Cc1cn2c(n1)CC(N)CC2. The first-order chi connectivity index (χ1) is 8.72. The van der Waals surface area contributed by atoms with Crippen molar-refractivity contribution in [2.24, 2.45) is 5.73 Å². The zero-order valence-corrected chi connectivity index (χ0v) is 11.3. The van der Waals surface area contributed by atoms with Gasteiger partial charge in [-0.3, -0.25) is 0 Å². The van der Waals surface area contributed by atoms with E-state index in [0.29, 0.717) is 12.1 Å². The third-order valence-electron chi connectivity index (χ3n) is 4.46. The van der Waals surface area contributed by atoms with Crippen LogP contribution in [-0.2, 0) is 19.4 Å². The van der Waals surface area contributed by atoms with Crippen LogP contribution in [0, 0.1) is 0 Å². The number of rotatable bonds is 2. The second-order valence-electron chi connectivity index (χ2n) is 5.93. The molecule has 2 unspecified atom stereocenters. The monoisotopic (exact) mass is 248 g/mol. The summed E-state index contributed by atoms with van der Waals surface area (Å²) in [5.74, 6) is 1.20. The molecule has 2 N–H and O–H groups in total. The second kappa shape index (κ2) is 5.02. The maximum Gasteiger partial charge on any atom is 0.110 e. The quantitative estimate of drug-likeness (QED) is 0.855. The summed E-state index contributed by atoms with van der Waals surface area (Å²) in [7, 11) is 2.25. The first-order valence-electron chi connectivity index (χ1n) is 7.23. The van der Waals surface area contributed by atoms with E-state index in [1.54, 1.807) is 0 Å². The fourth-order valence-electron chi connectivity index (χ4n) is 3.25. The molecule has 0 aromatic carbocycles. The molecule has 0 bridgehead atoms. The minimum atomic E-state index is 0.310. The van der Waals surface area contributed by atoms with Crippen LogP contribution < -0.4 is 5.73 Å². The van der Waals surface area contributed by atoms with Crippen molar-refractivity contribution in [3.8, 4) is 0 Å². The van der Waals surface area contributed by atoms with Gasteiger partial charge in [-0.25, -0.2) is 4.98 Å². The topological polar surface area (TPSA) is 47.1 Å². The Labute approximate surface area is 109 Å². The van der Waals surface area contributed by atoms with Gasteiger partial charge in [-0.2, -0.15) is 0 Å². The highest BCUT2D eigenvalue weighted by Crippen LogP contribution is 2.20. The molecule has 18 heavy (non-hydrogen) atoms. The fourth-order valence-corrected chi connectivity index (χ4v) is 3.25. The molecule has 2 atom stereocenters. The smallest absolute Gasteiger partial charge is 0.110 e. The summed E-state index contributed by atoms with van der Waals surface area (Å²) in [6, 6.07) is 0.995. The van der Waals surface area contributed by atoms with Crippen molar-refractivity contribution in [2.45, 2.75) is 57.2 Å². The number of aryl methyl sites for hydroxylation is 1. The summed E-state index contributed by atoms with van der Waals surface area (Å²) in [6.07, 6.45) is 9.43. The molecule has 3 heterocycles. The van der Waals surface area contributed by atoms with Gasteiger partial charge in [0.25, 0.3) is 0 Å². The molecule has 4 heteroatoms. The Hall–Kier alpha value is -0.870. The highest BCUT2D eigenvalue weighted by molar-refractivity contribution is 5.09. The third kappa shape index (κ3) is 2.45. The van der Waals surface area contributed by atoms with E-state index in [9.17, 15) is 0 Å². The maximum absolute atomic E-state index is 6.00. The van der Waals surface area contributed by atoms with Crippen LogP contribution in [0.4, 0.5) is 0 Å². The van der Waals surface area contributed by atoms with Gasteiger partial charge in [0, 0.05) is 37.7 Å². The van der Waals surface area contributed by atoms with Crippen molar-refractivity contribution >= 4 is 0 Å². The van der Waals surface area contributed by atoms with E-state index >= 15 is 0 Å². The van der Waals surface area contributed by atoms with E-state index in [1.165, 1.54) is 37.3 Å². The molecule has 1 saturated heterocycles. The number of nitrogens with two attached hydrogens (primary N) is 1. The van der Waals surface area contributed by atoms with Gasteiger partial charge in [0.2, 0.25) is 0 Å². The van der Waals surface area contributed by atoms with Gasteiger partial charge in [0.15, 0.2) is 0 Å². The van der Waals surface area contributed by atoms with Crippen LogP contribution in [0.5, 0.6) is 0 Å². The molecule has 100 valence electrons. The van der Waals surface area contributed by atoms with E-state index in [-0.39, 0.29) is 0 Å². The predicted octanol–water partition coefficient (Wildman–Crippen LogP) is 1.18. The zero-order chi connectivity index (χ0) is 12.5. The van der Waals surface area contributed by atoms with Gasteiger partial charge in [-0.15, -0.1) is 0 Å². The number of aromatic nitrogens is 2. The standard InChI is InChI=1S/C14H24N4/c1-17-6-3-2-4-13(17)9-12-10-18-7-5-11(15)8-14(18)16-12/h10-11,13H,2-9,15H2,1H3. The second-order valence-corrected chi connectivity index (χ2v) is 5.93. The Morgan fingerprint density at radius 3 is 3.06 bits per heavy atom. The number of fused-ring (bicyclic) bond motifs is 1. The molecule has 2 aliphatic rings. The van der Waals surface area contributed by atoms with Crippen LogP contribution in [-0.4, -0.2) is 40.1 Å². The van der Waals surface area contributed by atoms with Crippen molar-refractivity contribution in [2.75, 3.05) is 13.6 Å². The van der Waals surface area contributed by atoms with E-state index in [2.05, 4.69) is 22.7 Å². The molecular formula is C14H24N4. The summed E-state index contributed by atoms with van der Waals surface area (Å²) in [4.78, 5) is 7.28. The molecule has 1 aromatic heterocycles. The number of hydrogen-bond donors (Lipinski definition) is 1. The van der Waals surface area contributed by atoms with E-state index < -0.39 is 0 Å². The lowest BCUT2D eigenvalue weighted by molar-refractivity contribution is 0.184. The Morgan fingerprint density at radius 2 is 2.22 bits per heavy atom. The Morgan fingerprint density at radius 1 is 1.33 bits per heavy atom. The maximum atomic E-state index is 6.00. The molecular weight excluding hydrogens is 224 g/mol. The molecule has 2 aliphatic heterocycles. The van der Waals surface area contributed by atoms with Crippen LogP contribution in [0.25, 0.3) is 0 Å². The molecule has 1 aromatic rings. The number of hydrogen-bond acceptors (Lipinski definition) is 3. The molecule has 0 spiro atoms. The van der Waals surface area contributed by atoms with Crippen LogP contribution in [0.2, 0.25) is 0 Å². The summed E-state index contributed by atoms with van der Waals surface area (Å²) in [6.45, 7) is 2.28. The van der Waals surface area contributed by atoms with Gasteiger partial charge >= 0.3 is 0 Å². The zero-order valence-electron chi connectivity index (χ0n) is 11.3. The average Bonchev–Trinajstić information content (AvgIpc) is 2.73. The number of likely N-dealkylation sites (N-methyl/N-ethyl adjacent to an activating group) is 1. The summed E-state index contributed by atoms with van der Waals surface area (Å²) in [5, 5.41) is 0. The van der Waals surface area contributed by atoms with Crippen molar-refractivity contribution < 1.29 is 0 Å². The van der Waals surface area contributed by atoms with Crippen molar-refractivity contribution in [1.29, 1.82) is 0 Å². The van der Waals surface area contributed by atoms with Crippen molar-refractivity contribution in [3.05, 3.63) is 17.7 Å². The van der Waals surface area contributed by atoms with E-state index in [4.69, 9.17) is 10.7 Å². The van der Waals surface area contributed by atoms with Gasteiger partial charge in [-0.05, 0) is 32.9 Å². The van der Waals surface area contributed by atoms with Gasteiger partial charge in [0.1, 0.15) is 5.82 Å². The predicted molar refractivity (Wildman–Crippen MR) is 72.5 cm³/mol. The Bertz CT molecular complexity index is 412.